The molecule has 110 valence electrons. The van der Waals surface area contributed by atoms with Gasteiger partial charge in [-0.15, -0.1) is 0 Å². The molecule has 0 amide bonds. The van der Waals surface area contributed by atoms with Crippen LogP contribution < -0.4 is 5.32 Å². The van der Waals surface area contributed by atoms with Gasteiger partial charge in [0, 0.05) is 0 Å². The molecule has 0 aromatic rings. The molecule has 0 saturated carbocycles. The van der Waals surface area contributed by atoms with Crippen molar-refractivity contribution in [2.24, 2.45) is 0 Å². The molecule has 0 radical (unpaired) electrons. The molecule has 3 nitrogen and oxygen atoms in total. The van der Waals surface area contributed by atoms with Gasteiger partial charge in [0.05, 0.1) is 6.54 Å². The van der Waals surface area contributed by atoms with Crippen LogP contribution in [0, 0.1) is 0 Å². The molecule has 0 rings (SSSR count). The zero-order chi connectivity index (χ0) is 14.8. The molecular weight excluding hydrogens is 249 g/mol. The first-order chi connectivity index (χ1) is 9.18. The number of hydrogen-bond acceptors (Lipinski definition) is 2. The largest absolute Gasteiger partial charge is 0.480 e. The van der Waals surface area contributed by atoms with Gasteiger partial charge in [-0.2, -0.15) is 0 Å². The molecule has 0 fully saturated rings. The summed E-state index contributed by atoms with van der Waals surface area (Å²) in [4.78, 5) is 9.54. The van der Waals surface area contributed by atoms with Gasteiger partial charge >= 0.3 is 109 Å². The van der Waals surface area contributed by atoms with Crippen LogP contribution in [-0.4, -0.2) is 52.6 Å². The molecule has 0 bridgehead atoms. The third-order valence-corrected chi connectivity index (χ3v) is 3.74. The van der Waals surface area contributed by atoms with E-state index in [4.69, 9.17) is 5.11 Å². The molecule has 0 aliphatic heterocycles. The number of carboxylic acid groups (broad SMARTS) is 1. The predicted octanol–water partition coefficient (Wildman–Crippen LogP) is 3.78. The van der Waals surface area contributed by atoms with Crippen LogP contribution in [0.2, 0.25) is 3.67 Å². The van der Waals surface area contributed by atoms with Gasteiger partial charge < -0.3 is 10.4 Å². The van der Waals surface area contributed by atoms with E-state index in [-0.39, 0.29) is 6.54 Å². The maximum absolute atomic E-state index is 9.54. The van der Waals surface area contributed by atoms with E-state index in [0.29, 0.717) is 0 Å². The SMILES string of the molecule is CCCCCCCCCCC[CH2][Na].CNCC(=O)O. The van der Waals surface area contributed by atoms with E-state index >= 15 is 0 Å². The number of hydrogen-bond donors (Lipinski definition) is 2. The number of likely N-dealkylation sites (N-methyl/N-ethyl adjacent to an activating group) is 1. The van der Waals surface area contributed by atoms with E-state index in [0.717, 1.165) is 0 Å². The van der Waals surface area contributed by atoms with Gasteiger partial charge in [0.1, 0.15) is 0 Å². The summed E-state index contributed by atoms with van der Waals surface area (Å²) in [5.41, 5.74) is 0. The van der Waals surface area contributed by atoms with E-state index in [1.807, 2.05) is 0 Å². The maximum atomic E-state index is 9.54. The molecule has 0 aliphatic carbocycles. The Labute approximate surface area is 137 Å². The third-order valence-electron chi connectivity index (χ3n) is 3.04. The Bertz CT molecular complexity index is 168. The molecule has 0 aromatic carbocycles. The molecule has 0 aliphatic rings. The first-order valence-electron chi connectivity index (χ1n) is 8.05. The van der Waals surface area contributed by atoms with Crippen LogP contribution in [0.4, 0.5) is 0 Å². The van der Waals surface area contributed by atoms with Crippen LogP contribution in [0.1, 0.15) is 71.1 Å². The summed E-state index contributed by atoms with van der Waals surface area (Å²) in [5.74, 6) is -0.822. The average Bonchev–Trinajstić information content (AvgIpc) is 2.37. The van der Waals surface area contributed by atoms with Gasteiger partial charge in [-0.05, 0) is 7.05 Å². The summed E-state index contributed by atoms with van der Waals surface area (Å²) >= 11 is 1.41. The molecule has 0 aromatic heterocycles. The minimum absolute atomic E-state index is 0.0417. The van der Waals surface area contributed by atoms with Crippen molar-refractivity contribution >= 4 is 33.9 Å². The summed E-state index contributed by atoms with van der Waals surface area (Å²) in [5, 5.41) is 10.3. The van der Waals surface area contributed by atoms with Gasteiger partial charge in [0.2, 0.25) is 0 Å². The summed E-state index contributed by atoms with van der Waals surface area (Å²) in [6, 6.07) is 0. The quantitative estimate of drug-likeness (QED) is 0.423. The van der Waals surface area contributed by atoms with E-state index in [9.17, 15) is 4.79 Å². The van der Waals surface area contributed by atoms with E-state index in [1.54, 1.807) is 7.05 Å². The fourth-order valence-electron chi connectivity index (χ4n) is 1.89. The van der Waals surface area contributed by atoms with Crippen LogP contribution in [0.3, 0.4) is 0 Å². The van der Waals surface area contributed by atoms with Gasteiger partial charge in [-0.25, -0.2) is 0 Å². The molecule has 0 heterocycles. The number of carboxylic acids is 1. The van der Waals surface area contributed by atoms with Gasteiger partial charge in [-0.1, -0.05) is 0 Å². The molecule has 0 spiro atoms. The van der Waals surface area contributed by atoms with Crippen LogP contribution in [0.5, 0.6) is 0 Å². The van der Waals surface area contributed by atoms with Crippen LogP contribution in [-0.2, 0) is 4.79 Å². The standard InChI is InChI=1S/C12H25.C3H7NO2.Na/c1-3-5-7-9-11-12-10-8-6-4-2;1-4-2-3(5)6;/h1,3-12H2,2H3;4H,2H2,1H3,(H,5,6);. The fraction of sp³-hybridized carbons (Fsp3) is 0.933. The van der Waals surface area contributed by atoms with Crippen molar-refractivity contribution in [1.82, 2.24) is 5.32 Å². The molecule has 19 heavy (non-hydrogen) atoms. The van der Waals surface area contributed by atoms with Crippen LogP contribution >= 0.6 is 0 Å². The van der Waals surface area contributed by atoms with E-state index in [1.165, 1.54) is 95.8 Å². The van der Waals surface area contributed by atoms with Crippen molar-refractivity contribution < 1.29 is 9.90 Å². The van der Waals surface area contributed by atoms with Crippen molar-refractivity contribution in [2.45, 2.75) is 74.8 Å². The Morgan fingerprint density at radius 3 is 1.63 bits per heavy atom. The van der Waals surface area contributed by atoms with Gasteiger partial charge in [0.15, 0.2) is 0 Å². The summed E-state index contributed by atoms with van der Waals surface area (Å²) < 4.78 is 1.51. The molecule has 0 atom stereocenters. The summed E-state index contributed by atoms with van der Waals surface area (Å²) in [6.07, 6.45) is 14.7. The Morgan fingerprint density at radius 2 is 1.37 bits per heavy atom. The van der Waals surface area contributed by atoms with Crippen molar-refractivity contribution in [2.75, 3.05) is 13.6 Å². The molecule has 2 N–H and O–H groups in total. The van der Waals surface area contributed by atoms with E-state index < -0.39 is 5.97 Å². The number of unbranched alkanes of at least 4 members (excludes halogenated alkanes) is 9. The zero-order valence-corrected chi connectivity index (χ0v) is 15.3. The van der Waals surface area contributed by atoms with Crippen molar-refractivity contribution in [3.63, 3.8) is 0 Å². The van der Waals surface area contributed by atoms with Crippen molar-refractivity contribution in [3.8, 4) is 0 Å². The second kappa shape index (κ2) is 20.7. The van der Waals surface area contributed by atoms with Crippen molar-refractivity contribution in [3.05, 3.63) is 0 Å². The fourth-order valence-corrected chi connectivity index (χ4v) is 2.39. The smallest absolute Gasteiger partial charge is 0.317 e. The molecule has 4 heteroatoms. The third kappa shape index (κ3) is 27.6. The zero-order valence-electron chi connectivity index (χ0n) is 13.3. The Balaban J connectivity index is 0. The number of rotatable bonds is 12. The normalized spacial score (nSPS) is 9.89. The first-order valence-corrected chi connectivity index (χ1v) is 9.46. The van der Waals surface area contributed by atoms with Crippen molar-refractivity contribution in [1.29, 1.82) is 0 Å². The van der Waals surface area contributed by atoms with E-state index in [2.05, 4.69) is 12.2 Å². The Hall–Kier alpha value is 0.430. The van der Waals surface area contributed by atoms with Crippen LogP contribution in [0.25, 0.3) is 0 Å². The Morgan fingerprint density at radius 1 is 0.947 bits per heavy atom. The molecule has 0 saturated heterocycles. The molecule has 0 unspecified atom stereocenters. The minimum Gasteiger partial charge on any atom is -0.480 e. The monoisotopic (exact) mass is 281 g/mol. The molecular formula is C15H32NNaO2. The van der Waals surface area contributed by atoms with Gasteiger partial charge in [-0.3, -0.25) is 4.79 Å². The summed E-state index contributed by atoms with van der Waals surface area (Å²) in [6.45, 7) is 2.33. The first kappa shape index (κ1) is 21.7. The topological polar surface area (TPSA) is 49.3 Å². The average molecular weight is 281 g/mol. The number of nitrogens with one attached hydrogen (secondary N) is 1. The maximum Gasteiger partial charge on any atom is 0.317 e. The minimum atomic E-state index is -0.822. The summed E-state index contributed by atoms with van der Waals surface area (Å²) in [7, 11) is 1.59. The number of aliphatic carboxylic acids is 1. The number of carbonyl (C=O) groups is 1. The Kier molecular flexibility index (Phi) is 23.7. The second-order valence-electron chi connectivity index (χ2n) is 5.11. The van der Waals surface area contributed by atoms with Crippen LogP contribution in [0.15, 0.2) is 0 Å². The second-order valence-corrected chi connectivity index (χ2v) is 6.11. The van der Waals surface area contributed by atoms with Gasteiger partial charge in [0.25, 0.3) is 0 Å². The predicted molar refractivity (Wildman–Crippen MR) is 84.0 cm³/mol.